The lowest BCUT2D eigenvalue weighted by Crippen LogP contribution is -2.52. The van der Waals surface area contributed by atoms with Crippen LogP contribution in [0.1, 0.15) is 34.6 Å². The highest BCUT2D eigenvalue weighted by molar-refractivity contribution is 5.73. The van der Waals surface area contributed by atoms with Gasteiger partial charge in [0, 0.05) is 6.92 Å². The van der Waals surface area contributed by atoms with Gasteiger partial charge in [0.15, 0.2) is 17.9 Å². The van der Waals surface area contributed by atoms with Crippen LogP contribution in [-0.2, 0) is 28.5 Å². The third-order valence-corrected chi connectivity index (χ3v) is 3.85. The number of carbonyl (C=O) groups is 1. The molecule has 3 fully saturated rings. The van der Waals surface area contributed by atoms with Crippen molar-refractivity contribution in [1.29, 1.82) is 0 Å². The van der Waals surface area contributed by atoms with E-state index >= 15 is 0 Å². The molecule has 0 radical (unpaired) electrons. The first kappa shape index (κ1) is 15.2. The summed E-state index contributed by atoms with van der Waals surface area (Å²) in [5.74, 6) is -1.50. The van der Waals surface area contributed by atoms with E-state index in [0.29, 0.717) is 6.61 Å². The first-order valence-corrected chi connectivity index (χ1v) is 7.27. The van der Waals surface area contributed by atoms with Crippen molar-refractivity contribution in [2.24, 2.45) is 0 Å². The molecule has 0 saturated carbocycles. The standard InChI is InChI=1S/C14H23NO6/c1-7(16)15-9-10(8-6-17-13(2,3)19-8)18-12-11(9)20-14(4,5)21-12/h8-12H,6H2,1-5H3,(H,15,16)/t8-,9+,10+,11+,12-/m0/s1. The highest BCUT2D eigenvalue weighted by Gasteiger charge is 2.58. The Hall–Kier alpha value is -0.730. The monoisotopic (exact) mass is 301 g/mol. The van der Waals surface area contributed by atoms with Gasteiger partial charge in [0.2, 0.25) is 5.91 Å². The van der Waals surface area contributed by atoms with Crippen molar-refractivity contribution in [3.63, 3.8) is 0 Å². The smallest absolute Gasteiger partial charge is 0.217 e. The summed E-state index contributed by atoms with van der Waals surface area (Å²) in [6, 6.07) is -0.322. The van der Waals surface area contributed by atoms with Gasteiger partial charge in [0.05, 0.1) is 12.6 Å². The summed E-state index contributed by atoms with van der Waals surface area (Å²) >= 11 is 0. The zero-order chi connectivity index (χ0) is 15.4. The first-order chi connectivity index (χ1) is 9.67. The summed E-state index contributed by atoms with van der Waals surface area (Å²) in [7, 11) is 0. The molecule has 3 aliphatic rings. The lowest BCUT2D eigenvalue weighted by Gasteiger charge is -2.29. The van der Waals surface area contributed by atoms with Gasteiger partial charge in [-0.3, -0.25) is 4.79 Å². The molecule has 5 atom stereocenters. The molecule has 1 N–H and O–H groups in total. The van der Waals surface area contributed by atoms with E-state index in [0.717, 1.165) is 0 Å². The molecule has 3 saturated heterocycles. The highest BCUT2D eigenvalue weighted by atomic mass is 16.8. The summed E-state index contributed by atoms with van der Waals surface area (Å²) in [6.07, 6.45) is -1.48. The Labute approximate surface area is 124 Å². The second-order valence-electron chi connectivity index (χ2n) is 6.66. The van der Waals surface area contributed by atoms with Crippen LogP contribution < -0.4 is 5.32 Å². The van der Waals surface area contributed by atoms with Gasteiger partial charge in [0.1, 0.15) is 18.3 Å². The van der Waals surface area contributed by atoms with E-state index < -0.39 is 17.9 Å². The zero-order valence-corrected chi connectivity index (χ0v) is 13.0. The number of ether oxygens (including phenoxy) is 5. The van der Waals surface area contributed by atoms with E-state index in [-0.39, 0.29) is 30.3 Å². The number of carbonyl (C=O) groups excluding carboxylic acids is 1. The molecule has 0 bridgehead atoms. The maximum absolute atomic E-state index is 11.5. The van der Waals surface area contributed by atoms with Crippen molar-refractivity contribution in [3.8, 4) is 0 Å². The molecule has 3 rings (SSSR count). The Morgan fingerprint density at radius 2 is 1.76 bits per heavy atom. The zero-order valence-electron chi connectivity index (χ0n) is 13.0. The molecule has 0 aromatic rings. The van der Waals surface area contributed by atoms with Crippen LogP contribution in [0.15, 0.2) is 0 Å². The molecule has 3 heterocycles. The maximum Gasteiger partial charge on any atom is 0.217 e. The van der Waals surface area contributed by atoms with Crippen molar-refractivity contribution in [3.05, 3.63) is 0 Å². The van der Waals surface area contributed by atoms with Crippen molar-refractivity contribution >= 4 is 5.91 Å². The Kier molecular flexibility index (Phi) is 3.53. The molecule has 3 aliphatic heterocycles. The van der Waals surface area contributed by atoms with E-state index in [1.165, 1.54) is 6.92 Å². The minimum atomic E-state index is -0.719. The quantitative estimate of drug-likeness (QED) is 0.801. The molecule has 120 valence electrons. The summed E-state index contributed by atoms with van der Waals surface area (Å²) in [6.45, 7) is 9.25. The second kappa shape index (κ2) is 4.89. The van der Waals surface area contributed by atoms with Crippen LogP contribution in [0, 0.1) is 0 Å². The Morgan fingerprint density at radius 1 is 1.05 bits per heavy atom. The van der Waals surface area contributed by atoms with Crippen LogP contribution in [-0.4, -0.2) is 54.7 Å². The van der Waals surface area contributed by atoms with Crippen molar-refractivity contribution < 1.29 is 28.5 Å². The van der Waals surface area contributed by atoms with E-state index in [1.807, 2.05) is 27.7 Å². The van der Waals surface area contributed by atoms with Crippen LogP contribution in [0.4, 0.5) is 0 Å². The van der Waals surface area contributed by atoms with Crippen molar-refractivity contribution in [2.45, 2.75) is 76.8 Å². The van der Waals surface area contributed by atoms with Gasteiger partial charge in [0.25, 0.3) is 0 Å². The Balaban J connectivity index is 1.77. The number of amides is 1. The Morgan fingerprint density at radius 3 is 2.33 bits per heavy atom. The van der Waals surface area contributed by atoms with Crippen LogP contribution in [0.25, 0.3) is 0 Å². The van der Waals surface area contributed by atoms with E-state index in [9.17, 15) is 4.79 Å². The minimum absolute atomic E-state index is 0.138. The van der Waals surface area contributed by atoms with Gasteiger partial charge in [-0.2, -0.15) is 0 Å². The fraction of sp³-hybridized carbons (Fsp3) is 0.929. The van der Waals surface area contributed by atoms with E-state index in [4.69, 9.17) is 23.7 Å². The minimum Gasteiger partial charge on any atom is -0.348 e. The SMILES string of the molecule is CC(=O)N[C@H]1[C@H]2OC(C)(C)O[C@@H]2O[C@@H]1[C@@H]1COC(C)(C)O1. The molecule has 7 nitrogen and oxygen atoms in total. The lowest BCUT2D eigenvalue weighted by atomic mass is 10.0. The summed E-state index contributed by atoms with van der Waals surface area (Å²) in [5, 5.41) is 2.90. The van der Waals surface area contributed by atoms with Gasteiger partial charge in [-0.15, -0.1) is 0 Å². The fourth-order valence-electron chi connectivity index (χ4n) is 3.13. The van der Waals surface area contributed by atoms with Crippen molar-refractivity contribution in [2.75, 3.05) is 6.61 Å². The molecule has 0 spiro atoms. The summed E-state index contributed by atoms with van der Waals surface area (Å²) in [4.78, 5) is 11.5. The molecule has 7 heteroatoms. The van der Waals surface area contributed by atoms with Crippen LogP contribution in [0.3, 0.4) is 0 Å². The average Bonchev–Trinajstić information content (AvgIpc) is 2.90. The number of hydrogen-bond donors (Lipinski definition) is 1. The van der Waals surface area contributed by atoms with Gasteiger partial charge < -0.3 is 29.0 Å². The Bertz CT molecular complexity index is 437. The van der Waals surface area contributed by atoms with Crippen LogP contribution >= 0.6 is 0 Å². The molecule has 0 aliphatic carbocycles. The normalized spacial score (nSPS) is 43.8. The lowest BCUT2D eigenvalue weighted by molar-refractivity contribution is -0.223. The molecule has 0 aromatic heterocycles. The largest absolute Gasteiger partial charge is 0.348 e. The van der Waals surface area contributed by atoms with Gasteiger partial charge >= 0.3 is 0 Å². The molecule has 1 amide bonds. The van der Waals surface area contributed by atoms with Crippen LogP contribution in [0.5, 0.6) is 0 Å². The number of rotatable bonds is 2. The maximum atomic E-state index is 11.5. The summed E-state index contributed by atoms with van der Waals surface area (Å²) < 4.78 is 29.0. The first-order valence-electron chi connectivity index (χ1n) is 7.27. The third-order valence-electron chi connectivity index (χ3n) is 3.85. The topological polar surface area (TPSA) is 75.3 Å². The predicted molar refractivity (Wildman–Crippen MR) is 71.2 cm³/mol. The van der Waals surface area contributed by atoms with E-state index in [2.05, 4.69) is 5.32 Å². The second-order valence-corrected chi connectivity index (χ2v) is 6.66. The predicted octanol–water partition coefficient (Wildman–Crippen LogP) is 0.519. The van der Waals surface area contributed by atoms with Gasteiger partial charge in [-0.1, -0.05) is 0 Å². The van der Waals surface area contributed by atoms with E-state index in [1.54, 1.807) is 0 Å². The number of nitrogens with one attached hydrogen (secondary N) is 1. The highest BCUT2D eigenvalue weighted by Crippen LogP contribution is 2.40. The number of fused-ring (bicyclic) bond motifs is 1. The number of hydrogen-bond acceptors (Lipinski definition) is 6. The third kappa shape index (κ3) is 2.93. The summed E-state index contributed by atoms with van der Waals surface area (Å²) in [5.41, 5.74) is 0. The van der Waals surface area contributed by atoms with Crippen molar-refractivity contribution in [1.82, 2.24) is 5.32 Å². The molecular formula is C14H23NO6. The van der Waals surface area contributed by atoms with Crippen LogP contribution in [0.2, 0.25) is 0 Å². The molecule has 0 aromatic carbocycles. The van der Waals surface area contributed by atoms with Gasteiger partial charge in [-0.05, 0) is 27.7 Å². The van der Waals surface area contributed by atoms with Gasteiger partial charge in [-0.25, -0.2) is 0 Å². The molecule has 21 heavy (non-hydrogen) atoms. The molecular weight excluding hydrogens is 278 g/mol. The fourth-order valence-corrected chi connectivity index (χ4v) is 3.13. The average molecular weight is 301 g/mol. The molecule has 0 unspecified atom stereocenters.